The highest BCUT2D eigenvalue weighted by Crippen LogP contribution is 2.05. The molecular formula is C7H10BNO3S. The summed E-state index contributed by atoms with van der Waals surface area (Å²) < 4.78 is 13.4. The topological polar surface area (TPSA) is 75.5 Å². The summed E-state index contributed by atoms with van der Waals surface area (Å²) in [5.41, 5.74) is 0.974. The maximum Gasteiger partial charge on any atom is 0.488 e. The second-order valence-electron chi connectivity index (χ2n) is 2.56. The van der Waals surface area contributed by atoms with Gasteiger partial charge in [-0.2, -0.15) is 0 Å². The lowest BCUT2D eigenvalue weighted by Crippen LogP contribution is -2.29. The summed E-state index contributed by atoms with van der Waals surface area (Å²) in [6.45, 7) is 0. The lowest BCUT2D eigenvalue weighted by Gasteiger charge is -2.07. The van der Waals surface area contributed by atoms with Crippen LogP contribution in [0.4, 0.5) is 5.69 Å². The Morgan fingerprint density at radius 2 is 2.15 bits per heavy atom. The molecule has 1 unspecified atom stereocenters. The molecule has 0 aliphatic heterocycles. The molecule has 1 atom stereocenters. The zero-order chi connectivity index (χ0) is 9.84. The minimum atomic E-state index is -1.49. The molecule has 0 fully saturated rings. The second kappa shape index (κ2) is 4.52. The average Bonchev–Trinajstić information content (AvgIpc) is 2.03. The van der Waals surface area contributed by atoms with E-state index in [4.69, 9.17) is 10.0 Å². The molecule has 0 bridgehead atoms. The Labute approximate surface area is 80.1 Å². The van der Waals surface area contributed by atoms with Crippen LogP contribution in [0, 0.1) is 0 Å². The van der Waals surface area contributed by atoms with Crippen molar-refractivity contribution in [3.05, 3.63) is 24.3 Å². The van der Waals surface area contributed by atoms with E-state index in [9.17, 15) is 4.55 Å². The number of rotatable bonds is 3. The monoisotopic (exact) mass is 199 g/mol. The molecule has 0 spiro atoms. The molecule has 0 heterocycles. The molecular weight excluding hydrogens is 189 g/mol. The fraction of sp³-hybridized carbons (Fsp3) is 0.143. The molecule has 13 heavy (non-hydrogen) atoms. The molecule has 3 N–H and O–H groups in total. The maximum absolute atomic E-state index is 10.8. The van der Waals surface area contributed by atoms with Crippen molar-refractivity contribution < 1.29 is 14.6 Å². The zero-order valence-corrected chi connectivity index (χ0v) is 7.91. The van der Waals surface area contributed by atoms with Gasteiger partial charge in [0.15, 0.2) is 0 Å². The van der Waals surface area contributed by atoms with Crippen molar-refractivity contribution in [3.63, 3.8) is 0 Å². The van der Waals surface area contributed by atoms with Gasteiger partial charge in [0.2, 0.25) is 0 Å². The minimum absolute atomic E-state index is 0.371. The van der Waals surface area contributed by atoms with Gasteiger partial charge in [-0.05, 0) is 17.6 Å². The molecule has 4 nitrogen and oxygen atoms in total. The van der Waals surface area contributed by atoms with Crippen LogP contribution in [0.5, 0.6) is 0 Å². The predicted molar refractivity (Wildman–Crippen MR) is 54.0 cm³/mol. The van der Waals surface area contributed by atoms with Crippen molar-refractivity contribution in [2.24, 2.45) is 0 Å². The van der Waals surface area contributed by atoms with Crippen LogP contribution in [0.15, 0.2) is 24.3 Å². The summed E-state index contributed by atoms with van der Waals surface area (Å²) in [6.07, 6.45) is 1.50. The van der Waals surface area contributed by atoms with Gasteiger partial charge < -0.3 is 14.6 Å². The highest BCUT2D eigenvalue weighted by atomic mass is 32.2. The number of anilines is 1. The van der Waals surface area contributed by atoms with Gasteiger partial charge in [0.25, 0.3) is 0 Å². The van der Waals surface area contributed by atoms with E-state index in [1.165, 1.54) is 12.3 Å². The zero-order valence-electron chi connectivity index (χ0n) is 7.10. The number of hydrogen-bond acceptors (Lipinski definition) is 4. The fourth-order valence-corrected chi connectivity index (χ4v) is 1.39. The van der Waals surface area contributed by atoms with Crippen molar-refractivity contribution in [2.45, 2.75) is 0 Å². The summed E-state index contributed by atoms with van der Waals surface area (Å²) >= 11 is -1.15. The van der Waals surface area contributed by atoms with Crippen LogP contribution in [-0.2, 0) is 11.4 Å². The van der Waals surface area contributed by atoms with Gasteiger partial charge in [0.1, 0.15) is 6.26 Å². The molecule has 0 amide bonds. The van der Waals surface area contributed by atoms with E-state index >= 15 is 0 Å². The van der Waals surface area contributed by atoms with Gasteiger partial charge >= 0.3 is 7.12 Å². The van der Waals surface area contributed by atoms with Crippen LogP contribution in [0.3, 0.4) is 0 Å². The average molecular weight is 199 g/mol. The summed E-state index contributed by atoms with van der Waals surface area (Å²) in [6, 6.07) is 6.47. The molecule has 6 heteroatoms. The Bertz CT molecular complexity index is 282. The van der Waals surface area contributed by atoms with Crippen molar-refractivity contribution in [1.82, 2.24) is 0 Å². The molecule has 0 aliphatic carbocycles. The van der Waals surface area contributed by atoms with E-state index in [1.54, 1.807) is 18.2 Å². The first kappa shape index (κ1) is 10.4. The van der Waals surface area contributed by atoms with Crippen LogP contribution in [0.2, 0.25) is 0 Å². The SMILES string of the molecule is C[S+]([O-])Nc1cccc(B(O)O)c1. The lowest BCUT2D eigenvalue weighted by atomic mass is 9.80. The van der Waals surface area contributed by atoms with Gasteiger partial charge in [-0.15, -0.1) is 0 Å². The molecule has 0 aliphatic rings. The first-order valence-corrected chi connectivity index (χ1v) is 5.21. The second-order valence-corrected chi connectivity index (χ2v) is 3.67. The van der Waals surface area contributed by atoms with Crippen LogP contribution < -0.4 is 10.2 Å². The molecule has 1 aromatic rings. The third-order valence-electron chi connectivity index (χ3n) is 1.45. The van der Waals surface area contributed by atoms with Crippen LogP contribution >= 0.6 is 0 Å². The van der Waals surface area contributed by atoms with Crippen molar-refractivity contribution in [2.75, 3.05) is 11.0 Å². The van der Waals surface area contributed by atoms with Gasteiger partial charge in [-0.25, -0.2) is 4.72 Å². The number of nitrogens with one attached hydrogen (secondary N) is 1. The first-order valence-electron chi connectivity index (χ1n) is 3.66. The van der Waals surface area contributed by atoms with Crippen molar-refractivity contribution in [1.29, 1.82) is 0 Å². The van der Waals surface area contributed by atoms with Crippen molar-refractivity contribution in [3.8, 4) is 0 Å². The third kappa shape index (κ3) is 3.27. The van der Waals surface area contributed by atoms with Crippen LogP contribution in [0.25, 0.3) is 0 Å². The Morgan fingerprint density at radius 3 is 2.69 bits per heavy atom. The van der Waals surface area contributed by atoms with Crippen molar-refractivity contribution >= 4 is 29.6 Å². The Hall–Kier alpha value is -0.685. The summed E-state index contributed by atoms with van der Waals surface area (Å²) in [5.74, 6) is 0. The lowest BCUT2D eigenvalue weighted by molar-refractivity contribution is 0.426. The molecule has 1 aromatic carbocycles. The molecule has 0 saturated heterocycles. The van der Waals surface area contributed by atoms with Gasteiger partial charge in [0, 0.05) is 0 Å². The van der Waals surface area contributed by atoms with Crippen LogP contribution in [-0.4, -0.2) is 28.0 Å². The minimum Gasteiger partial charge on any atom is -0.593 e. The highest BCUT2D eigenvalue weighted by molar-refractivity contribution is 7.92. The summed E-state index contributed by atoms with van der Waals surface area (Å²) in [4.78, 5) is 0. The Morgan fingerprint density at radius 1 is 1.46 bits per heavy atom. The summed E-state index contributed by atoms with van der Waals surface area (Å²) in [7, 11) is -1.49. The summed E-state index contributed by atoms with van der Waals surface area (Å²) in [5, 5.41) is 17.7. The van der Waals surface area contributed by atoms with Gasteiger partial charge in [-0.1, -0.05) is 12.1 Å². The number of benzene rings is 1. The molecule has 70 valence electrons. The first-order chi connectivity index (χ1) is 6.09. The van der Waals surface area contributed by atoms with Gasteiger partial charge in [-0.3, -0.25) is 0 Å². The van der Waals surface area contributed by atoms with Crippen LogP contribution in [0.1, 0.15) is 0 Å². The Balaban J connectivity index is 2.79. The number of hydrogen-bond donors (Lipinski definition) is 3. The molecule has 0 aromatic heterocycles. The van der Waals surface area contributed by atoms with E-state index in [-0.39, 0.29) is 0 Å². The van der Waals surface area contributed by atoms with E-state index < -0.39 is 18.5 Å². The third-order valence-corrected chi connectivity index (χ3v) is 1.97. The Kier molecular flexibility index (Phi) is 3.62. The maximum atomic E-state index is 10.8. The van der Waals surface area contributed by atoms with E-state index in [0.717, 1.165) is 0 Å². The molecule has 1 rings (SSSR count). The standard InChI is InChI=1S/C7H10BNO3S/c1-13(12)9-7-4-2-3-6(5-7)8(10)11/h2-5,9-11H,1H3. The van der Waals surface area contributed by atoms with E-state index in [2.05, 4.69) is 4.72 Å². The normalized spacial score (nSPS) is 12.3. The highest BCUT2D eigenvalue weighted by Gasteiger charge is 2.11. The predicted octanol–water partition coefficient (Wildman–Crippen LogP) is -0.928. The van der Waals surface area contributed by atoms with E-state index in [1.807, 2.05) is 0 Å². The largest absolute Gasteiger partial charge is 0.593 e. The quantitative estimate of drug-likeness (QED) is 0.434. The molecule has 0 saturated carbocycles. The molecule has 0 radical (unpaired) electrons. The van der Waals surface area contributed by atoms with Gasteiger partial charge in [0.05, 0.1) is 17.0 Å². The smallest absolute Gasteiger partial charge is 0.488 e. The van der Waals surface area contributed by atoms with E-state index in [0.29, 0.717) is 11.2 Å². The fourth-order valence-electron chi connectivity index (χ4n) is 0.929.